The predicted molar refractivity (Wildman–Crippen MR) is 161 cm³/mol. The molecular weight excluding hydrogens is 516 g/mol. The van der Waals surface area contributed by atoms with Gasteiger partial charge in [0.1, 0.15) is 23.9 Å². The van der Waals surface area contributed by atoms with Gasteiger partial charge in [0.05, 0.1) is 18.2 Å². The first-order valence-corrected chi connectivity index (χ1v) is 14.0. The van der Waals surface area contributed by atoms with Gasteiger partial charge in [-0.1, -0.05) is 63.2 Å². The maximum atomic E-state index is 13.5. The second-order valence-electron chi connectivity index (χ2n) is 11.5. The minimum absolute atomic E-state index is 0.0794. The van der Waals surface area contributed by atoms with Crippen molar-refractivity contribution in [2.75, 3.05) is 33.8 Å². The molecule has 1 heterocycles. The van der Waals surface area contributed by atoms with E-state index in [0.717, 1.165) is 22.4 Å². The summed E-state index contributed by atoms with van der Waals surface area (Å²) in [7, 11) is 3.83. The highest BCUT2D eigenvalue weighted by Crippen LogP contribution is 2.41. The highest BCUT2D eigenvalue weighted by molar-refractivity contribution is 6.46. The molecule has 1 atom stereocenters. The summed E-state index contributed by atoms with van der Waals surface area (Å²) >= 11 is 0. The number of likely N-dealkylation sites (N-methyl/N-ethyl adjacent to an activating group) is 1. The number of ketones is 1. The zero-order valence-corrected chi connectivity index (χ0v) is 24.8. The first-order valence-electron chi connectivity index (χ1n) is 14.0. The van der Waals surface area contributed by atoms with Crippen LogP contribution in [0.2, 0.25) is 0 Å². The van der Waals surface area contributed by atoms with Crippen molar-refractivity contribution in [2.24, 2.45) is 0 Å². The van der Waals surface area contributed by atoms with Gasteiger partial charge in [0.25, 0.3) is 11.7 Å². The number of benzene rings is 3. The van der Waals surface area contributed by atoms with Crippen LogP contribution in [-0.4, -0.2) is 60.4 Å². The van der Waals surface area contributed by atoms with E-state index in [1.165, 1.54) is 0 Å². The molecule has 3 aromatic carbocycles. The molecule has 0 radical (unpaired) electrons. The molecule has 0 spiro atoms. The molecule has 1 amide bonds. The Hall–Kier alpha value is -4.10. The Labute approximate surface area is 243 Å². The molecule has 1 N–H and O–H groups in total. The van der Waals surface area contributed by atoms with Crippen molar-refractivity contribution < 1.29 is 24.2 Å². The lowest BCUT2D eigenvalue weighted by molar-refractivity contribution is -0.140. The van der Waals surface area contributed by atoms with E-state index >= 15 is 0 Å². The summed E-state index contributed by atoms with van der Waals surface area (Å²) < 4.78 is 11.8. The van der Waals surface area contributed by atoms with Gasteiger partial charge in [0.15, 0.2) is 0 Å². The molecule has 1 saturated heterocycles. The van der Waals surface area contributed by atoms with Gasteiger partial charge in [-0.15, -0.1) is 0 Å². The number of hydrogen-bond donors (Lipinski definition) is 1. The van der Waals surface area contributed by atoms with Crippen LogP contribution in [0.1, 0.15) is 56.0 Å². The molecule has 0 saturated carbocycles. The van der Waals surface area contributed by atoms with E-state index in [9.17, 15) is 14.7 Å². The average molecular weight is 557 g/mol. The fourth-order valence-corrected chi connectivity index (χ4v) is 4.95. The Morgan fingerprint density at radius 2 is 1.63 bits per heavy atom. The quantitative estimate of drug-likeness (QED) is 0.189. The van der Waals surface area contributed by atoms with Gasteiger partial charge in [0, 0.05) is 24.2 Å². The van der Waals surface area contributed by atoms with Gasteiger partial charge < -0.3 is 24.4 Å². The standard InChI is InChI=1S/C34H40N2O5/c1-7-40-28-18-15-25(21-27(28)34(2,3)4)31(37)29-30(36(20-19-35(5)6)33(39)32(29)38)24-13-16-26(17-14-24)41-22-23-11-9-8-10-12-23/h8-18,21,30,37H,7,19-20,22H2,1-6H3/b31-29-. The maximum Gasteiger partial charge on any atom is 0.295 e. The van der Waals surface area contributed by atoms with E-state index in [4.69, 9.17) is 9.47 Å². The molecule has 4 rings (SSSR count). The SMILES string of the molecule is CCOc1ccc(/C(O)=C2/C(=O)C(=O)N(CCN(C)C)C2c2ccc(OCc3ccccc3)cc2)cc1C(C)(C)C. The zero-order chi connectivity index (χ0) is 29.7. The number of likely N-dealkylation sites (tertiary alicyclic amines) is 1. The molecule has 3 aromatic rings. The number of ether oxygens (including phenoxy) is 2. The second kappa shape index (κ2) is 12.6. The Bertz CT molecular complexity index is 1410. The minimum atomic E-state index is -0.734. The molecule has 1 fully saturated rings. The summed E-state index contributed by atoms with van der Waals surface area (Å²) in [6.45, 7) is 9.96. The van der Waals surface area contributed by atoms with E-state index in [0.29, 0.717) is 37.6 Å². The summed E-state index contributed by atoms with van der Waals surface area (Å²) in [5.41, 5.74) is 2.96. The molecule has 7 nitrogen and oxygen atoms in total. The molecule has 7 heteroatoms. The molecule has 0 aromatic heterocycles. The summed E-state index contributed by atoms with van der Waals surface area (Å²) in [5.74, 6) is -0.111. The van der Waals surface area contributed by atoms with Crippen LogP contribution in [0.25, 0.3) is 5.76 Å². The van der Waals surface area contributed by atoms with Crippen molar-refractivity contribution in [3.63, 3.8) is 0 Å². The van der Waals surface area contributed by atoms with Gasteiger partial charge in [0.2, 0.25) is 0 Å². The Balaban J connectivity index is 1.75. The summed E-state index contributed by atoms with van der Waals surface area (Å²) in [6, 6.07) is 21.9. The van der Waals surface area contributed by atoms with Crippen LogP contribution < -0.4 is 9.47 Å². The monoisotopic (exact) mass is 556 g/mol. The van der Waals surface area contributed by atoms with Crippen LogP contribution in [0.5, 0.6) is 11.5 Å². The maximum absolute atomic E-state index is 13.5. The first-order chi connectivity index (χ1) is 19.5. The number of aliphatic hydroxyl groups is 1. The van der Waals surface area contributed by atoms with Crippen molar-refractivity contribution >= 4 is 17.4 Å². The third-order valence-electron chi connectivity index (χ3n) is 7.13. The van der Waals surface area contributed by atoms with Crippen LogP contribution in [0, 0.1) is 0 Å². The molecule has 41 heavy (non-hydrogen) atoms. The summed E-state index contributed by atoms with van der Waals surface area (Å²) in [4.78, 5) is 30.3. The Morgan fingerprint density at radius 1 is 0.951 bits per heavy atom. The third kappa shape index (κ3) is 6.80. The van der Waals surface area contributed by atoms with E-state index < -0.39 is 17.7 Å². The van der Waals surface area contributed by atoms with E-state index in [1.54, 1.807) is 11.0 Å². The molecule has 1 unspecified atom stereocenters. The summed E-state index contributed by atoms with van der Waals surface area (Å²) in [6.07, 6.45) is 0. The lowest BCUT2D eigenvalue weighted by Gasteiger charge is -2.27. The molecule has 1 aliphatic rings. The third-order valence-corrected chi connectivity index (χ3v) is 7.13. The number of hydrogen-bond acceptors (Lipinski definition) is 6. The number of rotatable bonds is 10. The lowest BCUT2D eigenvalue weighted by atomic mass is 9.84. The van der Waals surface area contributed by atoms with E-state index in [2.05, 4.69) is 20.8 Å². The minimum Gasteiger partial charge on any atom is -0.507 e. The molecule has 0 bridgehead atoms. The predicted octanol–water partition coefficient (Wildman–Crippen LogP) is 5.95. The number of aliphatic hydroxyl groups excluding tert-OH is 1. The topological polar surface area (TPSA) is 79.3 Å². The van der Waals surface area contributed by atoms with Crippen LogP contribution in [0.15, 0.2) is 78.4 Å². The van der Waals surface area contributed by atoms with Crippen LogP contribution in [0.3, 0.4) is 0 Å². The highest BCUT2D eigenvalue weighted by Gasteiger charge is 2.46. The average Bonchev–Trinajstić information content (AvgIpc) is 3.20. The van der Waals surface area contributed by atoms with Crippen LogP contribution >= 0.6 is 0 Å². The van der Waals surface area contributed by atoms with E-state index in [1.807, 2.05) is 92.6 Å². The van der Waals surface area contributed by atoms with Gasteiger partial charge in [-0.3, -0.25) is 9.59 Å². The van der Waals surface area contributed by atoms with E-state index in [-0.39, 0.29) is 16.7 Å². The summed E-state index contributed by atoms with van der Waals surface area (Å²) in [5, 5.41) is 11.6. The Kier molecular flexibility index (Phi) is 9.18. The molecule has 216 valence electrons. The van der Waals surface area contributed by atoms with Gasteiger partial charge >= 0.3 is 0 Å². The fourth-order valence-electron chi connectivity index (χ4n) is 4.95. The van der Waals surface area contributed by atoms with Crippen molar-refractivity contribution in [1.29, 1.82) is 0 Å². The lowest BCUT2D eigenvalue weighted by Crippen LogP contribution is -2.35. The van der Waals surface area contributed by atoms with Crippen LogP contribution in [0.4, 0.5) is 0 Å². The number of amides is 1. The van der Waals surface area contributed by atoms with Gasteiger partial charge in [-0.25, -0.2) is 0 Å². The molecule has 1 aliphatic heterocycles. The highest BCUT2D eigenvalue weighted by atomic mass is 16.5. The van der Waals surface area contributed by atoms with Crippen LogP contribution in [-0.2, 0) is 21.6 Å². The largest absolute Gasteiger partial charge is 0.507 e. The van der Waals surface area contributed by atoms with Crippen molar-refractivity contribution in [3.05, 3.63) is 101 Å². The van der Waals surface area contributed by atoms with Gasteiger partial charge in [-0.2, -0.15) is 0 Å². The molecular formula is C34H40N2O5. The fraction of sp³-hybridized carbons (Fsp3) is 0.353. The second-order valence-corrected chi connectivity index (χ2v) is 11.5. The zero-order valence-electron chi connectivity index (χ0n) is 24.8. The number of Topliss-reactive ketones (excluding diaryl/α,β-unsaturated/α-hetero) is 1. The van der Waals surface area contributed by atoms with Gasteiger partial charge in [-0.05, 0) is 67.9 Å². The smallest absolute Gasteiger partial charge is 0.295 e. The van der Waals surface area contributed by atoms with Crippen molar-refractivity contribution in [1.82, 2.24) is 9.80 Å². The number of nitrogens with zero attached hydrogens (tertiary/aromatic N) is 2. The molecule has 0 aliphatic carbocycles. The van der Waals surface area contributed by atoms with Crippen molar-refractivity contribution in [2.45, 2.75) is 45.8 Å². The Morgan fingerprint density at radius 3 is 2.24 bits per heavy atom. The first kappa shape index (κ1) is 29.9. The normalized spacial score (nSPS) is 16.9. The number of carbonyl (C=O) groups is 2. The van der Waals surface area contributed by atoms with Crippen molar-refractivity contribution in [3.8, 4) is 11.5 Å². The number of carbonyl (C=O) groups excluding carboxylic acids is 2.